The summed E-state index contributed by atoms with van der Waals surface area (Å²) in [5.41, 5.74) is 1.75. The van der Waals surface area contributed by atoms with Gasteiger partial charge in [0, 0.05) is 11.3 Å². The molecule has 4 nitrogen and oxygen atoms in total. The summed E-state index contributed by atoms with van der Waals surface area (Å²) < 4.78 is 74.2. The van der Waals surface area contributed by atoms with Crippen LogP contribution in [0.15, 0.2) is 40.8 Å². The maximum Gasteiger partial charge on any atom is 0.261 e. The van der Waals surface area contributed by atoms with Crippen molar-refractivity contribution < 1.29 is 31.2 Å². The van der Waals surface area contributed by atoms with Gasteiger partial charge in [-0.1, -0.05) is 26.0 Å². The third-order valence-corrected chi connectivity index (χ3v) is 5.76. The molecule has 3 aromatic carbocycles. The number of aryl methyl sites for hydroxylation is 1. The zero-order chi connectivity index (χ0) is 24.7. The van der Waals surface area contributed by atoms with Crippen molar-refractivity contribution in [2.45, 2.75) is 33.1 Å². The van der Waals surface area contributed by atoms with E-state index in [0.29, 0.717) is 28.1 Å². The molecule has 0 radical (unpaired) electrons. The Balaban J connectivity index is 1.69. The molecule has 9 heteroatoms. The minimum absolute atomic E-state index is 0.0917. The number of oxazole rings is 1. The van der Waals surface area contributed by atoms with Crippen LogP contribution >= 0.6 is 0 Å². The van der Waals surface area contributed by atoms with E-state index in [1.54, 1.807) is 19.1 Å². The number of fused-ring (bicyclic) bond motifs is 1. The average molecular weight is 474 g/mol. The quantitative estimate of drug-likeness (QED) is 0.188. The van der Waals surface area contributed by atoms with E-state index in [-0.39, 0.29) is 11.6 Å². The van der Waals surface area contributed by atoms with Gasteiger partial charge in [0.1, 0.15) is 11.1 Å². The number of carbonyl (C=O) groups is 1. The van der Waals surface area contributed by atoms with Gasteiger partial charge in [0.2, 0.25) is 11.7 Å². The highest BCUT2D eigenvalue weighted by Crippen LogP contribution is 2.31. The largest absolute Gasteiger partial charge is 0.436 e. The van der Waals surface area contributed by atoms with Crippen molar-refractivity contribution in [3.05, 3.63) is 82.2 Å². The smallest absolute Gasteiger partial charge is 0.261 e. The van der Waals surface area contributed by atoms with Crippen LogP contribution < -0.4 is 5.32 Å². The predicted molar refractivity (Wildman–Crippen MR) is 117 cm³/mol. The molecule has 4 rings (SSSR count). The Bertz CT molecular complexity index is 1400. The van der Waals surface area contributed by atoms with Crippen molar-refractivity contribution in [2.75, 3.05) is 5.32 Å². The molecule has 1 amide bonds. The van der Waals surface area contributed by atoms with Gasteiger partial charge < -0.3 is 9.73 Å². The molecule has 1 N–H and O–H groups in total. The first-order chi connectivity index (χ1) is 16.1. The minimum atomic E-state index is -2.34. The zero-order valence-electron chi connectivity index (χ0n) is 18.4. The molecule has 0 aliphatic carbocycles. The fourth-order valence-electron chi connectivity index (χ4n) is 3.49. The van der Waals surface area contributed by atoms with Crippen LogP contribution in [0.2, 0.25) is 0 Å². The van der Waals surface area contributed by atoms with E-state index >= 15 is 0 Å². The molecular formula is C25H19F5N2O2. The van der Waals surface area contributed by atoms with Crippen LogP contribution in [-0.4, -0.2) is 10.9 Å². The average Bonchev–Trinajstić information content (AvgIpc) is 3.26. The number of nitrogens with one attached hydrogen (secondary N) is 1. The Morgan fingerprint density at radius 1 is 0.971 bits per heavy atom. The molecule has 0 fully saturated rings. The molecule has 0 saturated carbocycles. The molecule has 1 atom stereocenters. The van der Waals surface area contributed by atoms with E-state index in [9.17, 15) is 26.7 Å². The lowest BCUT2D eigenvalue weighted by Crippen LogP contribution is -2.19. The first kappa shape index (κ1) is 23.4. The third kappa shape index (κ3) is 4.02. The summed E-state index contributed by atoms with van der Waals surface area (Å²) in [6.45, 7) is 5.78. The van der Waals surface area contributed by atoms with Gasteiger partial charge in [0.15, 0.2) is 28.9 Å². The number of benzene rings is 3. The highest BCUT2D eigenvalue weighted by Gasteiger charge is 2.30. The molecule has 0 aliphatic rings. The van der Waals surface area contributed by atoms with Gasteiger partial charge in [-0.2, -0.15) is 0 Å². The van der Waals surface area contributed by atoms with Crippen LogP contribution in [0.1, 0.15) is 47.7 Å². The Kier molecular flexibility index (Phi) is 6.12. The molecule has 0 saturated heterocycles. The maximum absolute atomic E-state index is 14.0. The van der Waals surface area contributed by atoms with Gasteiger partial charge in [-0.05, 0) is 54.7 Å². The standard InChI is InChI=1S/C25H19F5N2O2/c1-4-11(2)13-7-8-17-16(9-13)32-25(34-17)14-6-5-12(3)15(10-14)31-24(33)18-19(26)21(28)23(30)22(29)20(18)27/h5-11H,4H2,1-3H3,(H,31,33)/t11-/m0/s1. The molecule has 1 aromatic heterocycles. The fraction of sp³-hybridized carbons (Fsp3) is 0.200. The molecule has 0 aliphatic heterocycles. The molecule has 0 bridgehead atoms. The second kappa shape index (κ2) is 8.89. The molecule has 4 aromatic rings. The topological polar surface area (TPSA) is 55.1 Å². The number of hydrogen-bond donors (Lipinski definition) is 1. The van der Waals surface area contributed by atoms with Gasteiger partial charge in [-0.15, -0.1) is 0 Å². The van der Waals surface area contributed by atoms with Crippen LogP contribution in [-0.2, 0) is 0 Å². The number of carbonyl (C=O) groups excluding carboxylic acids is 1. The lowest BCUT2D eigenvalue weighted by Gasteiger charge is -2.12. The highest BCUT2D eigenvalue weighted by atomic mass is 19.2. The van der Waals surface area contributed by atoms with Crippen molar-refractivity contribution in [3.63, 3.8) is 0 Å². The van der Waals surface area contributed by atoms with Crippen LogP contribution in [0.4, 0.5) is 27.6 Å². The number of hydrogen-bond acceptors (Lipinski definition) is 3. The summed E-state index contributed by atoms with van der Waals surface area (Å²) in [4.78, 5) is 16.9. The summed E-state index contributed by atoms with van der Waals surface area (Å²) >= 11 is 0. The van der Waals surface area contributed by atoms with E-state index in [4.69, 9.17) is 4.42 Å². The van der Waals surface area contributed by atoms with Gasteiger partial charge >= 0.3 is 0 Å². The van der Waals surface area contributed by atoms with Crippen molar-refractivity contribution in [1.29, 1.82) is 0 Å². The summed E-state index contributed by atoms with van der Waals surface area (Å²) in [5, 5.41) is 2.21. The van der Waals surface area contributed by atoms with Crippen LogP contribution in [0.25, 0.3) is 22.6 Å². The van der Waals surface area contributed by atoms with Gasteiger partial charge in [-0.3, -0.25) is 4.79 Å². The predicted octanol–water partition coefficient (Wildman–Crippen LogP) is 7.26. The first-order valence-electron chi connectivity index (χ1n) is 10.5. The van der Waals surface area contributed by atoms with Gasteiger partial charge in [-0.25, -0.2) is 26.9 Å². The minimum Gasteiger partial charge on any atom is -0.436 e. The Morgan fingerprint density at radius 2 is 1.62 bits per heavy atom. The summed E-state index contributed by atoms with van der Waals surface area (Å²) in [6.07, 6.45) is 0.959. The number of amides is 1. The number of anilines is 1. The number of halogens is 5. The lowest BCUT2D eigenvalue weighted by molar-refractivity contribution is 0.101. The number of nitrogens with zero attached hydrogens (tertiary/aromatic N) is 1. The summed E-state index contributed by atoms with van der Waals surface area (Å²) in [6, 6.07) is 10.4. The lowest BCUT2D eigenvalue weighted by atomic mass is 9.98. The Hall–Kier alpha value is -3.75. The Labute approximate surface area is 191 Å². The van der Waals surface area contributed by atoms with Crippen molar-refractivity contribution in [3.8, 4) is 11.5 Å². The molecular weight excluding hydrogens is 455 g/mol. The van der Waals surface area contributed by atoms with Gasteiger partial charge in [0.25, 0.3) is 5.91 Å². The van der Waals surface area contributed by atoms with Crippen molar-refractivity contribution in [2.24, 2.45) is 0 Å². The van der Waals surface area contributed by atoms with Crippen LogP contribution in [0, 0.1) is 36.0 Å². The van der Waals surface area contributed by atoms with Crippen molar-refractivity contribution in [1.82, 2.24) is 4.98 Å². The monoisotopic (exact) mass is 474 g/mol. The first-order valence-corrected chi connectivity index (χ1v) is 10.5. The van der Waals surface area contributed by atoms with E-state index in [1.165, 1.54) is 6.07 Å². The molecule has 34 heavy (non-hydrogen) atoms. The molecule has 176 valence electrons. The van der Waals surface area contributed by atoms with E-state index in [2.05, 4.69) is 24.1 Å². The van der Waals surface area contributed by atoms with E-state index < -0.39 is 40.6 Å². The fourth-order valence-corrected chi connectivity index (χ4v) is 3.49. The summed E-state index contributed by atoms with van der Waals surface area (Å²) in [5.74, 6) is -12.1. The molecule has 0 spiro atoms. The number of rotatable bonds is 5. The van der Waals surface area contributed by atoms with Gasteiger partial charge in [0.05, 0.1) is 0 Å². The highest BCUT2D eigenvalue weighted by molar-refractivity contribution is 6.05. The van der Waals surface area contributed by atoms with E-state index in [1.807, 2.05) is 18.2 Å². The van der Waals surface area contributed by atoms with Crippen LogP contribution in [0.3, 0.4) is 0 Å². The third-order valence-electron chi connectivity index (χ3n) is 5.76. The zero-order valence-corrected chi connectivity index (χ0v) is 18.4. The number of aromatic nitrogens is 1. The van der Waals surface area contributed by atoms with Crippen molar-refractivity contribution >= 4 is 22.7 Å². The maximum atomic E-state index is 14.0. The second-order valence-electron chi connectivity index (χ2n) is 7.98. The SMILES string of the molecule is CC[C@H](C)c1ccc2oc(-c3ccc(C)c(NC(=O)c4c(F)c(F)c(F)c(F)c4F)c3)nc2c1. The molecule has 1 heterocycles. The van der Waals surface area contributed by atoms with E-state index in [0.717, 1.165) is 12.0 Å². The normalized spacial score (nSPS) is 12.2. The Morgan fingerprint density at radius 3 is 2.26 bits per heavy atom. The van der Waals surface area contributed by atoms with Crippen LogP contribution in [0.5, 0.6) is 0 Å². The second-order valence-corrected chi connectivity index (χ2v) is 7.98. The molecule has 0 unspecified atom stereocenters. The summed E-state index contributed by atoms with van der Waals surface area (Å²) in [7, 11) is 0.